The van der Waals surface area contributed by atoms with Gasteiger partial charge in [-0.2, -0.15) is 0 Å². The Balaban J connectivity index is 4.02. The molecule has 0 aromatic carbocycles. The van der Waals surface area contributed by atoms with E-state index < -0.39 is 8.80 Å². The van der Waals surface area contributed by atoms with Gasteiger partial charge in [0.1, 0.15) is 0 Å². The van der Waals surface area contributed by atoms with Crippen molar-refractivity contribution in [1.82, 2.24) is 0 Å². The molecule has 0 aromatic rings. The van der Waals surface area contributed by atoms with E-state index in [4.69, 9.17) is 18.6 Å². The molecule has 0 rings (SSSR count). The Bertz CT molecular complexity index is 149. The van der Waals surface area contributed by atoms with E-state index in [1.807, 2.05) is 6.82 Å². The molecule has 0 aliphatic carbocycles. The van der Waals surface area contributed by atoms with Gasteiger partial charge < -0.3 is 0 Å². The Morgan fingerprint density at radius 3 is 2.00 bits per heavy atom. The van der Waals surface area contributed by atoms with Crippen LogP contribution in [0.25, 0.3) is 0 Å². The SMILES string of the molecule is CO[Si](CCB(C)B=N)(OC)OC. The summed E-state index contributed by atoms with van der Waals surface area (Å²) < 4.78 is 15.8. The summed E-state index contributed by atoms with van der Waals surface area (Å²) in [6.07, 6.45) is 0.866. The average molecular weight is 201 g/mol. The number of nitrogens with one attached hydrogen (secondary N) is 1. The quantitative estimate of drug-likeness (QED) is 0.623. The second-order valence-electron chi connectivity index (χ2n) is 2.98. The van der Waals surface area contributed by atoms with Crippen LogP contribution in [0, 0.1) is 5.31 Å². The van der Waals surface area contributed by atoms with Gasteiger partial charge in [0.05, 0.1) is 0 Å². The molecule has 0 aliphatic heterocycles. The maximum atomic E-state index is 7.06. The van der Waals surface area contributed by atoms with Crippen LogP contribution >= 0.6 is 0 Å². The van der Waals surface area contributed by atoms with Gasteiger partial charge in [-0.15, -0.1) is 0 Å². The number of hydrogen-bond donors (Lipinski definition) is 1. The molecule has 0 atom stereocenters. The fourth-order valence-corrected chi connectivity index (χ4v) is 2.97. The Morgan fingerprint density at radius 1 is 1.23 bits per heavy atom. The summed E-state index contributed by atoms with van der Waals surface area (Å²) >= 11 is 0. The molecule has 13 heavy (non-hydrogen) atoms. The van der Waals surface area contributed by atoms with Crippen LogP contribution in [0.1, 0.15) is 0 Å². The molecule has 0 aliphatic rings. The van der Waals surface area contributed by atoms with Crippen LogP contribution in [0.3, 0.4) is 0 Å². The first-order chi connectivity index (χ1) is 6.14. The van der Waals surface area contributed by atoms with Crippen molar-refractivity contribution in [3.63, 3.8) is 0 Å². The predicted molar refractivity (Wildman–Crippen MR) is 56.5 cm³/mol. The van der Waals surface area contributed by atoms with Crippen molar-refractivity contribution in [1.29, 1.82) is 5.31 Å². The predicted octanol–water partition coefficient (Wildman–Crippen LogP) is 0.952. The minimum absolute atomic E-state index is 0.257. The summed E-state index contributed by atoms with van der Waals surface area (Å²) in [4.78, 5) is 0. The summed E-state index contributed by atoms with van der Waals surface area (Å²) in [5.41, 5.74) is 0. The van der Waals surface area contributed by atoms with Crippen LogP contribution < -0.4 is 0 Å². The zero-order chi connectivity index (χ0) is 10.3. The molecule has 1 N–H and O–H groups in total. The molecule has 0 radical (unpaired) electrons. The van der Waals surface area contributed by atoms with Gasteiger partial charge >= 0.3 is 81.5 Å². The summed E-state index contributed by atoms with van der Waals surface area (Å²) in [7, 11) is 2.42. The second-order valence-corrected chi connectivity index (χ2v) is 6.07. The third-order valence-corrected chi connectivity index (χ3v) is 4.89. The molecular formula is C6H17B2NO3Si. The molecule has 0 spiro atoms. The Morgan fingerprint density at radius 2 is 1.69 bits per heavy atom. The molecule has 0 heterocycles. The molecule has 74 valence electrons. The molecule has 7 heteroatoms. The van der Waals surface area contributed by atoms with Crippen molar-refractivity contribution in [2.75, 3.05) is 21.3 Å². The van der Waals surface area contributed by atoms with Gasteiger partial charge in [-0.25, -0.2) is 0 Å². The van der Waals surface area contributed by atoms with E-state index in [-0.39, 0.29) is 6.60 Å². The van der Waals surface area contributed by atoms with Gasteiger partial charge in [0.25, 0.3) is 0 Å². The van der Waals surface area contributed by atoms with E-state index in [1.54, 1.807) is 21.3 Å². The van der Waals surface area contributed by atoms with Gasteiger partial charge in [0, 0.05) is 0 Å². The zero-order valence-corrected chi connectivity index (χ0v) is 9.79. The van der Waals surface area contributed by atoms with Crippen molar-refractivity contribution in [3.05, 3.63) is 0 Å². The Kier molecular flexibility index (Phi) is 6.49. The van der Waals surface area contributed by atoms with E-state index in [0.717, 1.165) is 12.4 Å². The first kappa shape index (κ1) is 13.0. The summed E-state index contributed by atoms with van der Waals surface area (Å²) in [6, 6.07) is 0.757. The standard InChI is InChI=1S/C6H17B2NO3Si/c1-8(7-9)5-6-13(10-2,11-3)12-4/h9H,5-6H2,1-4H3. The second kappa shape index (κ2) is 6.48. The maximum absolute atomic E-state index is 7.06. The van der Waals surface area contributed by atoms with Crippen LogP contribution in [0.15, 0.2) is 0 Å². The first-order valence-electron chi connectivity index (χ1n) is 4.30. The summed E-state index contributed by atoms with van der Waals surface area (Å²) in [6.45, 7) is 3.68. The van der Waals surface area contributed by atoms with E-state index in [0.29, 0.717) is 0 Å². The molecule has 0 saturated carbocycles. The van der Waals surface area contributed by atoms with Gasteiger partial charge in [-0.3, -0.25) is 0 Å². The monoisotopic (exact) mass is 201 g/mol. The van der Waals surface area contributed by atoms with Gasteiger partial charge in [0.2, 0.25) is 0 Å². The van der Waals surface area contributed by atoms with Crippen molar-refractivity contribution >= 4 is 22.4 Å². The third kappa shape index (κ3) is 4.17. The Hall–Kier alpha value is 0.0268. The molecular weight excluding hydrogens is 184 g/mol. The van der Waals surface area contributed by atoms with Crippen molar-refractivity contribution in [2.24, 2.45) is 0 Å². The van der Waals surface area contributed by atoms with Gasteiger partial charge in [-0.1, -0.05) is 0 Å². The van der Waals surface area contributed by atoms with Crippen LogP contribution in [0.5, 0.6) is 0 Å². The van der Waals surface area contributed by atoms with Gasteiger partial charge in [0.15, 0.2) is 0 Å². The van der Waals surface area contributed by atoms with Crippen molar-refractivity contribution in [2.45, 2.75) is 19.2 Å². The van der Waals surface area contributed by atoms with E-state index >= 15 is 0 Å². The molecule has 0 amide bonds. The van der Waals surface area contributed by atoms with Crippen LogP contribution in [-0.4, -0.2) is 43.7 Å². The van der Waals surface area contributed by atoms with Crippen molar-refractivity contribution < 1.29 is 13.3 Å². The van der Waals surface area contributed by atoms with E-state index in [9.17, 15) is 0 Å². The fraction of sp³-hybridized carbons (Fsp3) is 1.00. The number of rotatable bonds is 7. The number of hydrogen-bond acceptors (Lipinski definition) is 4. The minimum atomic E-state index is -2.40. The topological polar surface area (TPSA) is 51.5 Å². The third-order valence-electron chi connectivity index (χ3n) is 2.12. The summed E-state index contributed by atoms with van der Waals surface area (Å²) in [5, 5.41) is 7.06. The van der Waals surface area contributed by atoms with E-state index in [1.165, 1.54) is 6.96 Å². The fourth-order valence-electron chi connectivity index (χ4n) is 1.04. The summed E-state index contributed by atoms with van der Waals surface area (Å²) in [5.74, 6) is 0. The van der Waals surface area contributed by atoms with Gasteiger partial charge in [-0.05, 0) is 0 Å². The molecule has 4 nitrogen and oxygen atoms in total. The normalized spacial score (nSPS) is 11.1. The Labute approximate surface area is 82.1 Å². The zero-order valence-electron chi connectivity index (χ0n) is 8.79. The molecule has 0 unspecified atom stereocenters. The molecule has 0 fully saturated rings. The van der Waals surface area contributed by atoms with Crippen molar-refractivity contribution in [3.8, 4) is 0 Å². The average Bonchev–Trinajstić information content (AvgIpc) is 2.20. The molecule has 0 saturated heterocycles. The molecule has 0 aromatic heterocycles. The van der Waals surface area contributed by atoms with Crippen LogP contribution in [-0.2, 0) is 13.3 Å². The van der Waals surface area contributed by atoms with Crippen LogP contribution in [0.2, 0.25) is 19.2 Å². The van der Waals surface area contributed by atoms with E-state index in [2.05, 4.69) is 0 Å². The first-order valence-corrected chi connectivity index (χ1v) is 6.23. The molecule has 0 bridgehead atoms. The van der Waals surface area contributed by atoms with Crippen LogP contribution in [0.4, 0.5) is 0 Å².